The normalized spacial score (nSPS) is 26.0. The molecule has 2 aromatic rings. The van der Waals surface area contributed by atoms with Gasteiger partial charge in [-0.15, -0.1) is 0 Å². The van der Waals surface area contributed by atoms with Gasteiger partial charge >= 0.3 is 0 Å². The molecule has 1 aromatic carbocycles. The van der Waals surface area contributed by atoms with Gasteiger partial charge in [0, 0.05) is 36.3 Å². The Kier molecular flexibility index (Phi) is 4.67. The van der Waals surface area contributed by atoms with E-state index in [9.17, 15) is 13.6 Å². The zero-order valence-corrected chi connectivity index (χ0v) is 14.6. The molecule has 0 unspecified atom stereocenters. The molecule has 2 aliphatic heterocycles. The molecule has 1 amide bonds. The number of nitrogens with zero attached hydrogens (tertiary/aromatic N) is 2. The van der Waals surface area contributed by atoms with Crippen molar-refractivity contribution in [3.05, 3.63) is 52.3 Å². The predicted octanol–water partition coefficient (Wildman–Crippen LogP) is 1.00. The Morgan fingerprint density at radius 1 is 1.37 bits per heavy atom. The van der Waals surface area contributed by atoms with Crippen molar-refractivity contribution in [2.75, 3.05) is 13.2 Å². The maximum atomic E-state index is 14.1. The molecule has 0 aliphatic carbocycles. The summed E-state index contributed by atoms with van der Waals surface area (Å²) in [6.07, 6.45) is 0.566. The van der Waals surface area contributed by atoms with Crippen LogP contribution in [-0.2, 0) is 17.7 Å². The molecule has 1 fully saturated rings. The lowest BCUT2D eigenvalue weighted by Crippen LogP contribution is -2.50. The van der Waals surface area contributed by atoms with Gasteiger partial charge in [-0.05, 0) is 31.0 Å². The van der Waals surface area contributed by atoms with Crippen LogP contribution in [0.25, 0.3) is 0 Å². The van der Waals surface area contributed by atoms with Gasteiger partial charge in [0.15, 0.2) is 5.69 Å². The Morgan fingerprint density at radius 3 is 2.93 bits per heavy atom. The summed E-state index contributed by atoms with van der Waals surface area (Å²) in [6, 6.07) is 2.90. The first-order valence-corrected chi connectivity index (χ1v) is 8.86. The SMILES string of the molecule is NC(=O)c1n[nH]c2c1CCN([C@H]1CO[C@H](c3cc(F)ccc3F)[C@@H](N)C1)C2. The van der Waals surface area contributed by atoms with Crippen LogP contribution in [-0.4, -0.2) is 46.2 Å². The largest absolute Gasteiger partial charge is 0.370 e. The van der Waals surface area contributed by atoms with Crippen LogP contribution in [0, 0.1) is 11.6 Å². The molecule has 0 saturated carbocycles. The number of H-pyrrole nitrogens is 1. The van der Waals surface area contributed by atoms with Crippen molar-refractivity contribution in [1.29, 1.82) is 0 Å². The Labute approximate surface area is 154 Å². The van der Waals surface area contributed by atoms with Crippen LogP contribution in [0.1, 0.15) is 39.8 Å². The maximum absolute atomic E-state index is 14.1. The molecule has 0 radical (unpaired) electrons. The summed E-state index contributed by atoms with van der Waals surface area (Å²) in [4.78, 5) is 13.6. The minimum absolute atomic E-state index is 0.0429. The minimum Gasteiger partial charge on any atom is -0.370 e. The van der Waals surface area contributed by atoms with E-state index in [1.807, 2.05) is 0 Å². The summed E-state index contributed by atoms with van der Waals surface area (Å²) >= 11 is 0. The van der Waals surface area contributed by atoms with Crippen LogP contribution in [0.4, 0.5) is 8.78 Å². The van der Waals surface area contributed by atoms with Crippen molar-refractivity contribution >= 4 is 5.91 Å². The van der Waals surface area contributed by atoms with Crippen LogP contribution >= 0.6 is 0 Å². The number of aromatic amines is 1. The second kappa shape index (κ2) is 6.99. The van der Waals surface area contributed by atoms with E-state index < -0.39 is 29.7 Å². The van der Waals surface area contributed by atoms with Crippen molar-refractivity contribution in [2.24, 2.45) is 11.5 Å². The van der Waals surface area contributed by atoms with Gasteiger partial charge < -0.3 is 16.2 Å². The number of carbonyl (C=O) groups is 1. The number of ether oxygens (including phenoxy) is 1. The van der Waals surface area contributed by atoms with Gasteiger partial charge in [0.25, 0.3) is 5.91 Å². The maximum Gasteiger partial charge on any atom is 0.269 e. The molecule has 27 heavy (non-hydrogen) atoms. The number of rotatable bonds is 3. The zero-order chi connectivity index (χ0) is 19.1. The van der Waals surface area contributed by atoms with Gasteiger partial charge in [-0.25, -0.2) is 8.78 Å². The smallest absolute Gasteiger partial charge is 0.269 e. The molecule has 2 aliphatic rings. The van der Waals surface area contributed by atoms with Gasteiger partial charge in [0.1, 0.15) is 17.7 Å². The lowest BCUT2D eigenvalue weighted by molar-refractivity contribution is -0.0550. The Bertz CT molecular complexity index is 871. The van der Waals surface area contributed by atoms with Gasteiger partial charge in [0.05, 0.1) is 12.3 Å². The average Bonchev–Trinajstić information content (AvgIpc) is 3.07. The van der Waals surface area contributed by atoms with E-state index in [0.717, 1.165) is 29.5 Å². The Balaban J connectivity index is 1.45. The molecule has 1 aromatic heterocycles. The first-order chi connectivity index (χ1) is 12.9. The molecule has 4 rings (SSSR count). The van der Waals surface area contributed by atoms with Gasteiger partial charge in [-0.1, -0.05) is 0 Å². The lowest BCUT2D eigenvalue weighted by atomic mass is 9.92. The molecule has 0 bridgehead atoms. The molecule has 144 valence electrons. The third-order valence-corrected chi connectivity index (χ3v) is 5.38. The molecule has 5 N–H and O–H groups in total. The number of nitrogens with one attached hydrogen (secondary N) is 1. The van der Waals surface area contributed by atoms with E-state index in [1.165, 1.54) is 0 Å². The monoisotopic (exact) mass is 377 g/mol. The second-order valence-corrected chi connectivity index (χ2v) is 7.09. The van der Waals surface area contributed by atoms with Crippen LogP contribution in [0.5, 0.6) is 0 Å². The van der Waals surface area contributed by atoms with Crippen LogP contribution in [0.3, 0.4) is 0 Å². The van der Waals surface area contributed by atoms with Crippen molar-refractivity contribution < 1.29 is 18.3 Å². The number of benzene rings is 1. The highest BCUT2D eigenvalue weighted by Crippen LogP contribution is 2.33. The minimum atomic E-state index is -0.675. The molecule has 1 saturated heterocycles. The summed E-state index contributed by atoms with van der Waals surface area (Å²) in [7, 11) is 0. The number of fused-ring (bicyclic) bond motifs is 1. The summed E-state index contributed by atoms with van der Waals surface area (Å²) in [6.45, 7) is 1.66. The first-order valence-electron chi connectivity index (χ1n) is 8.86. The molecule has 7 nitrogen and oxygen atoms in total. The van der Waals surface area contributed by atoms with Crippen molar-refractivity contribution in [3.63, 3.8) is 0 Å². The van der Waals surface area contributed by atoms with Crippen LogP contribution < -0.4 is 11.5 Å². The molecule has 0 spiro atoms. The second-order valence-electron chi connectivity index (χ2n) is 7.09. The highest BCUT2D eigenvalue weighted by Gasteiger charge is 2.36. The highest BCUT2D eigenvalue weighted by molar-refractivity contribution is 5.92. The standard InChI is InChI=1S/C18H21F2N5O2/c19-9-1-2-13(20)12(5-9)17-14(21)6-10(8-27-17)25-4-3-11-15(7-25)23-24-16(11)18(22)26/h1-2,5,10,14,17H,3-4,6-8,21H2,(H2,22,26)(H,23,24)/t10-,14+,17-/m1/s1. The number of aromatic nitrogens is 2. The molecule has 3 heterocycles. The molecule has 9 heteroatoms. The number of hydrogen-bond acceptors (Lipinski definition) is 5. The van der Waals surface area contributed by atoms with E-state index in [0.29, 0.717) is 38.2 Å². The number of amides is 1. The third kappa shape index (κ3) is 3.33. The topological polar surface area (TPSA) is 110 Å². The average molecular weight is 377 g/mol. The van der Waals surface area contributed by atoms with Gasteiger partial charge in [0.2, 0.25) is 0 Å². The number of halogens is 2. The molecular weight excluding hydrogens is 356 g/mol. The van der Waals surface area contributed by atoms with E-state index in [2.05, 4.69) is 15.1 Å². The fourth-order valence-electron chi connectivity index (χ4n) is 4.01. The van der Waals surface area contributed by atoms with Gasteiger partial charge in [-0.2, -0.15) is 5.10 Å². The summed E-state index contributed by atoms with van der Waals surface area (Å²) < 4.78 is 33.4. The fourth-order valence-corrected chi connectivity index (χ4v) is 4.01. The van der Waals surface area contributed by atoms with E-state index in [4.69, 9.17) is 16.2 Å². The number of nitrogens with two attached hydrogens (primary N) is 2. The fraction of sp³-hybridized carbons (Fsp3) is 0.444. The van der Waals surface area contributed by atoms with Crippen molar-refractivity contribution in [2.45, 2.75) is 37.6 Å². The quantitative estimate of drug-likeness (QED) is 0.739. The molecular formula is C18H21F2N5O2. The third-order valence-electron chi connectivity index (χ3n) is 5.38. The zero-order valence-electron chi connectivity index (χ0n) is 14.6. The summed E-state index contributed by atoms with van der Waals surface area (Å²) in [5.74, 6) is -1.57. The van der Waals surface area contributed by atoms with Crippen LogP contribution in [0.15, 0.2) is 18.2 Å². The Morgan fingerprint density at radius 2 is 2.19 bits per heavy atom. The van der Waals surface area contributed by atoms with Crippen molar-refractivity contribution in [3.8, 4) is 0 Å². The number of primary amides is 1. The molecule has 3 atom stereocenters. The van der Waals surface area contributed by atoms with Gasteiger partial charge in [-0.3, -0.25) is 14.8 Å². The predicted molar refractivity (Wildman–Crippen MR) is 92.7 cm³/mol. The van der Waals surface area contributed by atoms with Crippen molar-refractivity contribution in [1.82, 2.24) is 15.1 Å². The van der Waals surface area contributed by atoms with Crippen LogP contribution in [0.2, 0.25) is 0 Å². The lowest BCUT2D eigenvalue weighted by Gasteiger charge is -2.41. The highest BCUT2D eigenvalue weighted by atomic mass is 19.1. The number of hydrogen-bond donors (Lipinski definition) is 3. The summed E-state index contributed by atoms with van der Waals surface area (Å²) in [5.41, 5.74) is 13.8. The first kappa shape index (κ1) is 18.0. The van der Waals surface area contributed by atoms with E-state index in [1.54, 1.807) is 0 Å². The summed E-state index contributed by atoms with van der Waals surface area (Å²) in [5, 5.41) is 6.88. The van der Waals surface area contributed by atoms with E-state index in [-0.39, 0.29) is 11.6 Å². The number of carbonyl (C=O) groups excluding carboxylic acids is 1. The van der Waals surface area contributed by atoms with E-state index >= 15 is 0 Å². The Hall–Kier alpha value is -2.36.